The van der Waals surface area contributed by atoms with Crippen LogP contribution in [0.15, 0.2) is 0 Å². The summed E-state index contributed by atoms with van der Waals surface area (Å²) < 4.78 is 35.2. The molecular formula is C8H16F3NS. The lowest BCUT2D eigenvalue weighted by molar-refractivity contribution is -0.0328. The van der Waals surface area contributed by atoms with Gasteiger partial charge < -0.3 is 5.73 Å². The van der Waals surface area contributed by atoms with Crippen LogP contribution in [0.25, 0.3) is 0 Å². The fourth-order valence-corrected chi connectivity index (χ4v) is 1.70. The molecule has 1 nitrogen and oxygen atoms in total. The second-order valence-electron chi connectivity index (χ2n) is 3.32. The highest BCUT2D eigenvalue weighted by atomic mass is 32.2. The summed E-state index contributed by atoms with van der Waals surface area (Å²) in [5.41, 5.74) is 1.33. The van der Waals surface area contributed by atoms with E-state index in [4.69, 9.17) is 5.73 Å². The summed E-state index contributed by atoms with van der Waals surface area (Å²) in [7, 11) is 0. The maximum absolute atomic E-state index is 11.7. The Morgan fingerprint density at radius 1 is 1.31 bits per heavy atom. The smallest absolute Gasteiger partial charge is 0.330 e. The Kier molecular flexibility index (Phi) is 5.80. The molecule has 0 amide bonds. The van der Waals surface area contributed by atoms with Crippen molar-refractivity contribution in [3.63, 3.8) is 0 Å². The zero-order chi connectivity index (χ0) is 10.5. The fourth-order valence-electron chi connectivity index (χ4n) is 1.05. The highest BCUT2D eigenvalue weighted by Crippen LogP contribution is 2.31. The van der Waals surface area contributed by atoms with Gasteiger partial charge >= 0.3 is 5.51 Å². The molecule has 0 rings (SSSR count). The van der Waals surface area contributed by atoms with Gasteiger partial charge in [-0.1, -0.05) is 25.6 Å². The first-order valence-electron chi connectivity index (χ1n) is 4.27. The lowest BCUT2D eigenvalue weighted by Gasteiger charge is -2.18. The third-order valence-corrected chi connectivity index (χ3v) is 2.77. The van der Waals surface area contributed by atoms with Crippen molar-refractivity contribution in [1.29, 1.82) is 0 Å². The minimum atomic E-state index is -4.10. The molecule has 2 N–H and O–H groups in total. The van der Waals surface area contributed by atoms with E-state index in [-0.39, 0.29) is 23.4 Å². The topological polar surface area (TPSA) is 26.0 Å². The molecular weight excluding hydrogens is 199 g/mol. The SMILES string of the molecule is CC(C)C(CN)CCSC(F)(F)F. The van der Waals surface area contributed by atoms with Gasteiger partial charge in [-0.2, -0.15) is 13.2 Å². The van der Waals surface area contributed by atoms with Gasteiger partial charge in [0, 0.05) is 5.75 Å². The number of thioether (sulfide) groups is 1. The summed E-state index contributed by atoms with van der Waals surface area (Å²) in [5.74, 6) is 0.678. The van der Waals surface area contributed by atoms with Crippen molar-refractivity contribution in [3.05, 3.63) is 0 Å². The van der Waals surface area contributed by atoms with Crippen molar-refractivity contribution < 1.29 is 13.2 Å². The zero-order valence-corrected chi connectivity index (χ0v) is 8.71. The molecule has 13 heavy (non-hydrogen) atoms. The first-order valence-corrected chi connectivity index (χ1v) is 5.26. The summed E-state index contributed by atoms with van der Waals surface area (Å²) in [6, 6.07) is 0. The molecule has 80 valence electrons. The minimum Gasteiger partial charge on any atom is -0.330 e. The number of hydrogen-bond acceptors (Lipinski definition) is 2. The lowest BCUT2D eigenvalue weighted by Crippen LogP contribution is -2.21. The quantitative estimate of drug-likeness (QED) is 0.763. The van der Waals surface area contributed by atoms with Gasteiger partial charge in [0.1, 0.15) is 0 Å². The molecule has 0 fully saturated rings. The minimum absolute atomic E-state index is 0.0391. The van der Waals surface area contributed by atoms with Gasteiger partial charge in [-0.25, -0.2) is 0 Å². The first kappa shape index (κ1) is 13.1. The van der Waals surface area contributed by atoms with Crippen LogP contribution in [0.3, 0.4) is 0 Å². The Bertz CT molecular complexity index is 136. The summed E-state index contributed by atoms with van der Waals surface area (Å²) in [6.07, 6.45) is 0.540. The van der Waals surface area contributed by atoms with E-state index in [1.54, 1.807) is 0 Å². The molecule has 0 aromatic heterocycles. The second-order valence-corrected chi connectivity index (χ2v) is 4.48. The molecule has 0 aromatic carbocycles. The molecule has 0 aliphatic rings. The summed E-state index contributed by atoms with van der Waals surface area (Å²) in [6.45, 7) is 4.43. The van der Waals surface area contributed by atoms with E-state index in [9.17, 15) is 13.2 Å². The van der Waals surface area contributed by atoms with Gasteiger partial charge in [0.2, 0.25) is 0 Å². The number of halogens is 3. The third kappa shape index (κ3) is 7.19. The van der Waals surface area contributed by atoms with Crippen molar-refractivity contribution in [2.24, 2.45) is 17.6 Å². The van der Waals surface area contributed by atoms with Crippen molar-refractivity contribution in [2.75, 3.05) is 12.3 Å². The molecule has 0 aliphatic carbocycles. The van der Waals surface area contributed by atoms with E-state index in [1.165, 1.54) is 0 Å². The van der Waals surface area contributed by atoms with Gasteiger partial charge in [-0.3, -0.25) is 0 Å². The average molecular weight is 215 g/mol. The Balaban J connectivity index is 3.62. The van der Waals surface area contributed by atoms with Crippen LogP contribution in [-0.4, -0.2) is 17.8 Å². The highest BCUT2D eigenvalue weighted by molar-refractivity contribution is 8.00. The van der Waals surface area contributed by atoms with Crippen molar-refractivity contribution in [3.8, 4) is 0 Å². The van der Waals surface area contributed by atoms with E-state index >= 15 is 0 Å². The lowest BCUT2D eigenvalue weighted by atomic mass is 9.94. The van der Waals surface area contributed by atoms with Crippen LogP contribution in [0.2, 0.25) is 0 Å². The number of rotatable bonds is 5. The Morgan fingerprint density at radius 3 is 2.15 bits per heavy atom. The average Bonchev–Trinajstić information content (AvgIpc) is 1.95. The fraction of sp³-hybridized carbons (Fsp3) is 1.00. The molecule has 0 bridgehead atoms. The predicted octanol–water partition coefficient (Wildman–Crippen LogP) is 2.86. The first-order chi connectivity index (χ1) is 5.87. The molecule has 1 atom stereocenters. The summed E-state index contributed by atoms with van der Waals surface area (Å²) in [5, 5.41) is 0. The Hall–Kier alpha value is 0.100. The maximum atomic E-state index is 11.7. The van der Waals surface area contributed by atoms with Gasteiger partial charge in [0.05, 0.1) is 0 Å². The van der Waals surface area contributed by atoms with Gasteiger partial charge in [-0.05, 0) is 24.8 Å². The number of hydrogen-bond donors (Lipinski definition) is 1. The third-order valence-electron chi connectivity index (χ3n) is 2.00. The predicted molar refractivity (Wildman–Crippen MR) is 50.5 cm³/mol. The standard InChI is InChI=1S/C8H16F3NS/c1-6(2)7(5-12)3-4-13-8(9,10)11/h6-7H,3-5,12H2,1-2H3. The van der Waals surface area contributed by atoms with E-state index in [0.29, 0.717) is 18.9 Å². The monoisotopic (exact) mass is 215 g/mol. The maximum Gasteiger partial charge on any atom is 0.441 e. The van der Waals surface area contributed by atoms with Crippen LogP contribution in [-0.2, 0) is 0 Å². The van der Waals surface area contributed by atoms with E-state index in [0.717, 1.165) is 0 Å². The van der Waals surface area contributed by atoms with E-state index in [2.05, 4.69) is 0 Å². The van der Waals surface area contributed by atoms with E-state index in [1.807, 2.05) is 13.8 Å². The molecule has 0 heterocycles. The van der Waals surface area contributed by atoms with Crippen LogP contribution in [0.5, 0.6) is 0 Å². The van der Waals surface area contributed by atoms with Crippen LogP contribution in [0.4, 0.5) is 13.2 Å². The van der Waals surface area contributed by atoms with Crippen LogP contribution in [0, 0.1) is 11.8 Å². The molecule has 0 spiro atoms. The molecule has 0 radical (unpaired) electrons. The molecule has 1 unspecified atom stereocenters. The zero-order valence-electron chi connectivity index (χ0n) is 7.90. The second kappa shape index (κ2) is 5.75. The van der Waals surface area contributed by atoms with Crippen molar-refractivity contribution >= 4 is 11.8 Å². The van der Waals surface area contributed by atoms with Gasteiger partial charge in [0.15, 0.2) is 0 Å². The molecule has 0 saturated heterocycles. The summed E-state index contributed by atoms with van der Waals surface area (Å²) in [4.78, 5) is 0. The van der Waals surface area contributed by atoms with Gasteiger partial charge in [0.25, 0.3) is 0 Å². The molecule has 0 saturated carbocycles. The Morgan fingerprint density at radius 2 is 1.85 bits per heavy atom. The van der Waals surface area contributed by atoms with Crippen molar-refractivity contribution in [2.45, 2.75) is 25.8 Å². The Labute approximate surface area is 81.3 Å². The van der Waals surface area contributed by atoms with Crippen LogP contribution < -0.4 is 5.73 Å². The van der Waals surface area contributed by atoms with Crippen LogP contribution >= 0.6 is 11.8 Å². The molecule has 0 aromatic rings. The van der Waals surface area contributed by atoms with Crippen LogP contribution in [0.1, 0.15) is 20.3 Å². The summed E-state index contributed by atoms with van der Waals surface area (Å²) >= 11 is 0.0391. The number of nitrogens with two attached hydrogens (primary N) is 1. The van der Waals surface area contributed by atoms with E-state index < -0.39 is 5.51 Å². The normalized spacial score (nSPS) is 15.0. The molecule has 5 heteroatoms. The largest absolute Gasteiger partial charge is 0.441 e. The number of alkyl halides is 3. The molecule has 0 aliphatic heterocycles. The van der Waals surface area contributed by atoms with Crippen molar-refractivity contribution in [1.82, 2.24) is 0 Å². The van der Waals surface area contributed by atoms with Gasteiger partial charge in [-0.15, -0.1) is 0 Å². The highest BCUT2D eigenvalue weighted by Gasteiger charge is 2.28.